The highest BCUT2D eigenvalue weighted by molar-refractivity contribution is 9.10. The summed E-state index contributed by atoms with van der Waals surface area (Å²) in [7, 11) is 1.27. The largest absolute Gasteiger partial charge is 0.465 e. The van der Waals surface area contributed by atoms with Crippen molar-refractivity contribution in [2.45, 2.75) is 6.54 Å². The number of methoxy groups -OCH3 is 1. The van der Waals surface area contributed by atoms with E-state index in [1.807, 2.05) is 0 Å². The van der Waals surface area contributed by atoms with Crippen LogP contribution in [0.2, 0.25) is 0 Å². The second-order valence-corrected chi connectivity index (χ2v) is 4.98. The summed E-state index contributed by atoms with van der Waals surface area (Å²) in [4.78, 5) is 23.5. The Morgan fingerprint density at radius 1 is 1.35 bits per heavy atom. The molecular weight excluding hydrogens is 329 g/mol. The average molecular weight is 340 g/mol. The highest BCUT2D eigenvalue weighted by atomic mass is 79.9. The van der Waals surface area contributed by atoms with Crippen LogP contribution in [0.1, 0.15) is 15.9 Å². The van der Waals surface area contributed by atoms with Gasteiger partial charge in [-0.25, -0.2) is 9.18 Å². The summed E-state index contributed by atoms with van der Waals surface area (Å²) in [6, 6.07) is 7.22. The molecule has 0 aliphatic heterocycles. The quantitative estimate of drug-likeness (QED) is 0.807. The molecule has 4 nitrogen and oxygen atoms in total. The van der Waals surface area contributed by atoms with Gasteiger partial charge >= 0.3 is 5.97 Å². The number of pyridine rings is 1. The highest BCUT2D eigenvalue weighted by Gasteiger charge is 2.11. The summed E-state index contributed by atoms with van der Waals surface area (Å²) in [5.74, 6) is -0.871. The zero-order valence-electron chi connectivity index (χ0n) is 10.6. The van der Waals surface area contributed by atoms with E-state index >= 15 is 0 Å². The predicted molar refractivity (Wildman–Crippen MR) is 75.2 cm³/mol. The van der Waals surface area contributed by atoms with Gasteiger partial charge in [0.25, 0.3) is 5.56 Å². The fraction of sp³-hybridized carbons (Fsp3) is 0.143. The molecule has 1 heterocycles. The number of benzene rings is 1. The van der Waals surface area contributed by atoms with Gasteiger partial charge in [0.2, 0.25) is 0 Å². The van der Waals surface area contributed by atoms with E-state index < -0.39 is 5.97 Å². The standard InChI is InChI=1S/C14H11BrFNO3/c1-20-14(19)10-6-12(15)13(18)17(8-10)7-9-2-4-11(16)5-3-9/h2-6,8H,7H2,1H3. The molecule has 0 atom stereocenters. The van der Waals surface area contributed by atoms with E-state index in [-0.39, 0.29) is 28.0 Å². The Bertz CT molecular complexity index is 695. The Kier molecular flexibility index (Phi) is 4.34. The van der Waals surface area contributed by atoms with E-state index in [1.54, 1.807) is 12.1 Å². The molecule has 0 amide bonds. The van der Waals surface area contributed by atoms with Crippen LogP contribution in [0.5, 0.6) is 0 Å². The summed E-state index contributed by atoms with van der Waals surface area (Å²) in [5, 5.41) is 0. The van der Waals surface area contributed by atoms with E-state index in [0.29, 0.717) is 0 Å². The minimum atomic E-state index is -0.529. The molecule has 0 saturated heterocycles. The Balaban J connectivity index is 2.40. The van der Waals surface area contributed by atoms with Crippen molar-refractivity contribution < 1.29 is 13.9 Å². The lowest BCUT2D eigenvalue weighted by molar-refractivity contribution is 0.0599. The molecule has 0 saturated carbocycles. The van der Waals surface area contributed by atoms with Crippen molar-refractivity contribution in [2.75, 3.05) is 7.11 Å². The molecule has 2 rings (SSSR count). The lowest BCUT2D eigenvalue weighted by atomic mass is 10.2. The van der Waals surface area contributed by atoms with Gasteiger partial charge in [0.05, 0.1) is 23.7 Å². The summed E-state index contributed by atoms with van der Waals surface area (Å²) < 4.78 is 19.1. The fourth-order valence-electron chi connectivity index (χ4n) is 1.73. The summed E-state index contributed by atoms with van der Waals surface area (Å²) in [5.41, 5.74) is 0.741. The molecule has 0 spiro atoms. The SMILES string of the molecule is COC(=O)c1cc(Br)c(=O)n(Cc2ccc(F)cc2)c1. The number of carbonyl (C=O) groups excluding carboxylic acids is 1. The van der Waals surface area contributed by atoms with Gasteiger partial charge in [0, 0.05) is 6.20 Å². The second kappa shape index (κ2) is 6.00. The van der Waals surface area contributed by atoms with Crippen LogP contribution in [-0.4, -0.2) is 17.6 Å². The molecule has 1 aromatic heterocycles. The summed E-state index contributed by atoms with van der Waals surface area (Å²) in [6.45, 7) is 0.239. The normalized spacial score (nSPS) is 10.3. The molecule has 0 radical (unpaired) electrons. The smallest absolute Gasteiger partial charge is 0.339 e. The third-order valence-electron chi connectivity index (χ3n) is 2.73. The maximum Gasteiger partial charge on any atom is 0.339 e. The molecule has 0 aliphatic rings. The van der Waals surface area contributed by atoms with Crippen LogP contribution in [-0.2, 0) is 11.3 Å². The van der Waals surface area contributed by atoms with Crippen LogP contribution in [0.15, 0.2) is 45.8 Å². The monoisotopic (exact) mass is 339 g/mol. The molecule has 20 heavy (non-hydrogen) atoms. The van der Waals surface area contributed by atoms with Crippen molar-refractivity contribution in [3.05, 3.63) is 68.3 Å². The Labute approximate surface area is 122 Å². The van der Waals surface area contributed by atoms with Crippen molar-refractivity contribution in [1.29, 1.82) is 0 Å². The number of hydrogen-bond donors (Lipinski definition) is 0. The van der Waals surface area contributed by atoms with Crippen LogP contribution in [0.4, 0.5) is 4.39 Å². The van der Waals surface area contributed by atoms with Gasteiger partial charge in [0.1, 0.15) is 5.82 Å². The lowest BCUT2D eigenvalue weighted by Gasteiger charge is -2.09. The van der Waals surface area contributed by atoms with Crippen molar-refractivity contribution in [3.63, 3.8) is 0 Å². The first-order chi connectivity index (χ1) is 9.51. The number of hydrogen-bond acceptors (Lipinski definition) is 3. The van der Waals surface area contributed by atoms with E-state index in [2.05, 4.69) is 20.7 Å². The van der Waals surface area contributed by atoms with Crippen molar-refractivity contribution in [3.8, 4) is 0 Å². The molecule has 0 N–H and O–H groups in total. The van der Waals surface area contributed by atoms with Gasteiger partial charge in [-0.1, -0.05) is 12.1 Å². The minimum absolute atomic E-state index is 0.239. The van der Waals surface area contributed by atoms with Crippen LogP contribution in [0.25, 0.3) is 0 Å². The summed E-state index contributed by atoms with van der Waals surface area (Å²) >= 11 is 3.12. The maximum atomic E-state index is 12.8. The average Bonchev–Trinajstić information content (AvgIpc) is 2.45. The van der Waals surface area contributed by atoms with Gasteiger partial charge in [-0.2, -0.15) is 0 Å². The molecule has 1 aromatic carbocycles. The van der Waals surface area contributed by atoms with Crippen molar-refractivity contribution in [2.24, 2.45) is 0 Å². The number of aromatic nitrogens is 1. The molecule has 2 aromatic rings. The van der Waals surface area contributed by atoms with Gasteiger partial charge in [-0.3, -0.25) is 4.79 Å². The Hall–Kier alpha value is -1.95. The molecule has 6 heteroatoms. The minimum Gasteiger partial charge on any atom is -0.465 e. The van der Waals surface area contributed by atoms with Gasteiger partial charge in [-0.05, 0) is 39.7 Å². The van der Waals surface area contributed by atoms with Gasteiger partial charge in [-0.15, -0.1) is 0 Å². The first kappa shape index (κ1) is 14.5. The second-order valence-electron chi connectivity index (χ2n) is 4.13. The first-order valence-corrected chi connectivity index (χ1v) is 6.53. The van der Waals surface area contributed by atoms with E-state index in [9.17, 15) is 14.0 Å². The van der Waals surface area contributed by atoms with E-state index in [4.69, 9.17) is 0 Å². The number of esters is 1. The molecule has 0 fully saturated rings. The van der Waals surface area contributed by atoms with Crippen LogP contribution in [0, 0.1) is 5.82 Å². The van der Waals surface area contributed by atoms with Crippen molar-refractivity contribution >= 4 is 21.9 Å². The molecule has 0 bridgehead atoms. The number of rotatable bonds is 3. The topological polar surface area (TPSA) is 48.3 Å². The third kappa shape index (κ3) is 3.14. The predicted octanol–water partition coefficient (Wildman–Crippen LogP) is 2.58. The first-order valence-electron chi connectivity index (χ1n) is 5.74. The van der Waals surface area contributed by atoms with Gasteiger partial charge < -0.3 is 9.30 Å². The highest BCUT2D eigenvalue weighted by Crippen LogP contribution is 2.10. The van der Waals surface area contributed by atoms with E-state index in [0.717, 1.165) is 5.56 Å². The van der Waals surface area contributed by atoms with E-state index in [1.165, 1.54) is 36.1 Å². The maximum absolute atomic E-state index is 12.8. The molecule has 0 aliphatic carbocycles. The Morgan fingerprint density at radius 2 is 2.00 bits per heavy atom. The van der Waals surface area contributed by atoms with Crippen LogP contribution in [0.3, 0.4) is 0 Å². The Morgan fingerprint density at radius 3 is 2.60 bits per heavy atom. The zero-order chi connectivity index (χ0) is 14.7. The van der Waals surface area contributed by atoms with Crippen LogP contribution >= 0.6 is 15.9 Å². The number of ether oxygens (including phenoxy) is 1. The van der Waals surface area contributed by atoms with Crippen LogP contribution < -0.4 is 5.56 Å². The lowest BCUT2D eigenvalue weighted by Crippen LogP contribution is -2.22. The third-order valence-corrected chi connectivity index (χ3v) is 3.30. The molecule has 104 valence electrons. The number of carbonyl (C=O) groups is 1. The van der Waals surface area contributed by atoms with Gasteiger partial charge in [0.15, 0.2) is 0 Å². The summed E-state index contributed by atoms with van der Waals surface area (Å²) in [6.07, 6.45) is 1.42. The molecular formula is C14H11BrFNO3. The number of nitrogens with zero attached hydrogens (tertiary/aromatic N) is 1. The molecule has 0 unspecified atom stereocenters. The van der Waals surface area contributed by atoms with Crippen molar-refractivity contribution in [1.82, 2.24) is 4.57 Å². The number of halogens is 2. The zero-order valence-corrected chi connectivity index (χ0v) is 12.2. The fourth-order valence-corrected chi connectivity index (χ4v) is 2.21.